The van der Waals surface area contributed by atoms with E-state index in [1.807, 2.05) is 4.90 Å². The van der Waals surface area contributed by atoms with Crippen molar-refractivity contribution in [3.63, 3.8) is 0 Å². The summed E-state index contributed by atoms with van der Waals surface area (Å²) in [5.41, 5.74) is -0.565. The maximum absolute atomic E-state index is 12.6. The second-order valence-corrected chi connectivity index (χ2v) is 6.06. The summed E-state index contributed by atoms with van der Waals surface area (Å²) in [6.07, 6.45) is 5.18. The van der Waals surface area contributed by atoms with Crippen molar-refractivity contribution in [3.8, 4) is 0 Å². The molecule has 0 atom stereocenters. The van der Waals surface area contributed by atoms with Gasteiger partial charge in [-0.25, -0.2) is 0 Å². The molecule has 1 N–H and O–H groups in total. The zero-order valence-corrected chi connectivity index (χ0v) is 11.5. The predicted octanol–water partition coefficient (Wildman–Crippen LogP) is 1.69. The second kappa shape index (κ2) is 5.29. The SMILES string of the molecule is CC(C)CCN1CCC(=O)NC2(CCCC2)C1=O. The monoisotopic (exact) mass is 252 g/mol. The smallest absolute Gasteiger partial charge is 0.248 e. The van der Waals surface area contributed by atoms with Crippen molar-refractivity contribution in [2.24, 2.45) is 5.92 Å². The summed E-state index contributed by atoms with van der Waals surface area (Å²) in [7, 11) is 0. The Labute approximate surface area is 109 Å². The number of amides is 2. The molecule has 1 saturated heterocycles. The highest BCUT2D eigenvalue weighted by atomic mass is 16.2. The van der Waals surface area contributed by atoms with E-state index in [1.165, 1.54) is 0 Å². The van der Waals surface area contributed by atoms with Crippen molar-refractivity contribution in [1.29, 1.82) is 0 Å². The molecule has 0 unspecified atom stereocenters. The lowest BCUT2D eigenvalue weighted by Crippen LogP contribution is -2.55. The normalized spacial score (nSPS) is 23.6. The number of hydrogen-bond acceptors (Lipinski definition) is 2. The quantitative estimate of drug-likeness (QED) is 0.831. The molecule has 0 bridgehead atoms. The number of carbonyl (C=O) groups excluding carboxylic acids is 2. The van der Waals surface area contributed by atoms with Gasteiger partial charge in [0.1, 0.15) is 5.54 Å². The minimum Gasteiger partial charge on any atom is -0.342 e. The molecular weight excluding hydrogens is 228 g/mol. The van der Waals surface area contributed by atoms with Crippen LogP contribution < -0.4 is 5.32 Å². The Morgan fingerprint density at radius 3 is 2.56 bits per heavy atom. The van der Waals surface area contributed by atoms with Crippen LogP contribution in [0.15, 0.2) is 0 Å². The number of rotatable bonds is 3. The molecule has 102 valence electrons. The van der Waals surface area contributed by atoms with Crippen molar-refractivity contribution in [2.45, 2.75) is 57.9 Å². The summed E-state index contributed by atoms with van der Waals surface area (Å²) in [4.78, 5) is 26.3. The lowest BCUT2D eigenvalue weighted by atomic mass is 9.95. The molecule has 1 aliphatic heterocycles. The van der Waals surface area contributed by atoms with Gasteiger partial charge in [0.2, 0.25) is 11.8 Å². The molecule has 0 aromatic rings. The highest BCUT2D eigenvalue weighted by Gasteiger charge is 2.46. The maximum Gasteiger partial charge on any atom is 0.248 e. The molecule has 4 nitrogen and oxygen atoms in total. The van der Waals surface area contributed by atoms with E-state index in [2.05, 4.69) is 19.2 Å². The van der Waals surface area contributed by atoms with E-state index >= 15 is 0 Å². The first kappa shape index (κ1) is 13.4. The molecule has 0 aromatic heterocycles. The van der Waals surface area contributed by atoms with E-state index < -0.39 is 5.54 Å². The van der Waals surface area contributed by atoms with Crippen molar-refractivity contribution in [2.75, 3.05) is 13.1 Å². The maximum atomic E-state index is 12.6. The first-order chi connectivity index (χ1) is 8.53. The van der Waals surface area contributed by atoms with Crippen molar-refractivity contribution in [3.05, 3.63) is 0 Å². The molecule has 1 saturated carbocycles. The standard InChI is InChI=1S/C14H24N2O2/c1-11(2)5-9-16-10-6-12(17)15-14(13(16)18)7-3-4-8-14/h11H,3-10H2,1-2H3,(H,15,17). The largest absolute Gasteiger partial charge is 0.342 e. The topological polar surface area (TPSA) is 49.4 Å². The summed E-state index contributed by atoms with van der Waals surface area (Å²) >= 11 is 0. The van der Waals surface area contributed by atoms with Crippen LogP contribution in [-0.4, -0.2) is 35.3 Å². The Bertz CT molecular complexity index is 333. The van der Waals surface area contributed by atoms with Crippen LogP contribution in [-0.2, 0) is 9.59 Å². The molecule has 0 radical (unpaired) electrons. The Hall–Kier alpha value is -1.06. The molecule has 2 rings (SSSR count). The Balaban J connectivity index is 2.11. The zero-order valence-electron chi connectivity index (χ0n) is 11.5. The Morgan fingerprint density at radius 2 is 1.94 bits per heavy atom. The summed E-state index contributed by atoms with van der Waals surface area (Å²) in [6, 6.07) is 0. The van der Waals surface area contributed by atoms with Gasteiger partial charge in [-0.2, -0.15) is 0 Å². The van der Waals surface area contributed by atoms with Crippen molar-refractivity contribution in [1.82, 2.24) is 10.2 Å². The zero-order chi connectivity index (χ0) is 13.2. The highest BCUT2D eigenvalue weighted by molar-refractivity contribution is 5.93. The first-order valence-electron chi connectivity index (χ1n) is 7.14. The molecule has 1 spiro atoms. The number of carbonyl (C=O) groups is 2. The van der Waals surface area contributed by atoms with Gasteiger partial charge in [-0.1, -0.05) is 26.7 Å². The molecule has 0 aromatic carbocycles. The van der Waals surface area contributed by atoms with Crippen LogP contribution >= 0.6 is 0 Å². The molecular formula is C14H24N2O2. The fourth-order valence-electron chi connectivity index (χ4n) is 2.97. The van der Waals surface area contributed by atoms with Gasteiger partial charge in [0.15, 0.2) is 0 Å². The lowest BCUT2D eigenvalue weighted by molar-refractivity contribution is -0.138. The fraction of sp³-hybridized carbons (Fsp3) is 0.857. The van der Waals surface area contributed by atoms with Crippen LogP contribution in [0.1, 0.15) is 52.4 Å². The van der Waals surface area contributed by atoms with Gasteiger partial charge in [0.25, 0.3) is 0 Å². The van der Waals surface area contributed by atoms with E-state index in [1.54, 1.807) is 0 Å². The third-order valence-electron chi connectivity index (χ3n) is 4.12. The van der Waals surface area contributed by atoms with Crippen LogP contribution in [0.5, 0.6) is 0 Å². The van der Waals surface area contributed by atoms with E-state index in [0.29, 0.717) is 18.9 Å². The predicted molar refractivity (Wildman–Crippen MR) is 70.0 cm³/mol. The van der Waals surface area contributed by atoms with Crippen molar-refractivity contribution >= 4 is 11.8 Å². The highest BCUT2D eigenvalue weighted by Crippen LogP contribution is 2.33. The van der Waals surface area contributed by atoms with Gasteiger partial charge in [-0.3, -0.25) is 9.59 Å². The van der Waals surface area contributed by atoms with Gasteiger partial charge in [0.05, 0.1) is 0 Å². The Morgan fingerprint density at radius 1 is 1.28 bits per heavy atom. The van der Waals surface area contributed by atoms with Crippen LogP contribution in [0.25, 0.3) is 0 Å². The van der Waals surface area contributed by atoms with Crippen LogP contribution in [0, 0.1) is 5.92 Å². The summed E-state index contributed by atoms with van der Waals surface area (Å²) in [5.74, 6) is 0.785. The fourth-order valence-corrected chi connectivity index (χ4v) is 2.97. The number of nitrogens with zero attached hydrogens (tertiary/aromatic N) is 1. The third kappa shape index (κ3) is 2.68. The van der Waals surface area contributed by atoms with Gasteiger partial charge >= 0.3 is 0 Å². The molecule has 2 amide bonds. The van der Waals surface area contributed by atoms with E-state index in [4.69, 9.17) is 0 Å². The van der Waals surface area contributed by atoms with Crippen LogP contribution in [0.2, 0.25) is 0 Å². The summed E-state index contributed by atoms with van der Waals surface area (Å²) < 4.78 is 0. The molecule has 2 aliphatic rings. The first-order valence-corrected chi connectivity index (χ1v) is 7.14. The van der Waals surface area contributed by atoms with E-state index in [0.717, 1.165) is 38.6 Å². The van der Waals surface area contributed by atoms with Gasteiger partial charge in [-0.05, 0) is 25.2 Å². The van der Waals surface area contributed by atoms with Crippen LogP contribution in [0.3, 0.4) is 0 Å². The van der Waals surface area contributed by atoms with E-state index in [-0.39, 0.29) is 11.8 Å². The molecule has 2 fully saturated rings. The average Bonchev–Trinajstić information content (AvgIpc) is 2.73. The number of hydrogen-bond donors (Lipinski definition) is 1. The van der Waals surface area contributed by atoms with E-state index in [9.17, 15) is 9.59 Å². The van der Waals surface area contributed by atoms with Gasteiger partial charge in [0, 0.05) is 19.5 Å². The molecule has 18 heavy (non-hydrogen) atoms. The minimum absolute atomic E-state index is 0.0392. The second-order valence-electron chi connectivity index (χ2n) is 6.06. The minimum atomic E-state index is -0.565. The van der Waals surface area contributed by atoms with Gasteiger partial charge < -0.3 is 10.2 Å². The van der Waals surface area contributed by atoms with Crippen molar-refractivity contribution < 1.29 is 9.59 Å². The lowest BCUT2D eigenvalue weighted by Gasteiger charge is -2.32. The van der Waals surface area contributed by atoms with Gasteiger partial charge in [-0.15, -0.1) is 0 Å². The summed E-state index contributed by atoms with van der Waals surface area (Å²) in [5, 5.41) is 2.99. The third-order valence-corrected chi connectivity index (χ3v) is 4.12. The number of nitrogens with one attached hydrogen (secondary N) is 1. The molecule has 4 heteroatoms. The summed E-state index contributed by atoms with van der Waals surface area (Å²) in [6.45, 7) is 5.69. The Kier molecular flexibility index (Phi) is 3.93. The van der Waals surface area contributed by atoms with Crippen LogP contribution in [0.4, 0.5) is 0 Å². The molecule has 1 aliphatic carbocycles. The molecule has 1 heterocycles. The average molecular weight is 252 g/mol.